The van der Waals surface area contributed by atoms with E-state index in [0.29, 0.717) is 5.69 Å². The van der Waals surface area contributed by atoms with Crippen LogP contribution < -0.4 is 4.90 Å². The van der Waals surface area contributed by atoms with Crippen molar-refractivity contribution in [1.29, 1.82) is 0 Å². The summed E-state index contributed by atoms with van der Waals surface area (Å²) in [5.41, 5.74) is 0.607. The van der Waals surface area contributed by atoms with Crippen molar-refractivity contribution >= 4 is 37.4 Å². The number of anilines is 1. The summed E-state index contributed by atoms with van der Waals surface area (Å²) in [7, 11) is -3.24. The first-order valence-corrected chi connectivity index (χ1v) is 6.86. The summed E-state index contributed by atoms with van der Waals surface area (Å²) < 4.78 is 23.3. The molecule has 15 heavy (non-hydrogen) atoms. The molecule has 1 aromatic rings. The van der Waals surface area contributed by atoms with E-state index in [0.717, 1.165) is 4.47 Å². The van der Waals surface area contributed by atoms with Crippen LogP contribution >= 0.6 is 15.9 Å². The van der Waals surface area contributed by atoms with Gasteiger partial charge in [-0.05, 0) is 18.2 Å². The molecule has 0 spiro atoms. The van der Waals surface area contributed by atoms with Crippen molar-refractivity contribution in [2.75, 3.05) is 16.5 Å². The van der Waals surface area contributed by atoms with E-state index in [1.165, 1.54) is 4.90 Å². The predicted octanol–water partition coefficient (Wildman–Crippen LogP) is 1.17. The summed E-state index contributed by atoms with van der Waals surface area (Å²) in [6.07, 6.45) is 0. The minimum absolute atomic E-state index is 0.220. The van der Waals surface area contributed by atoms with Crippen molar-refractivity contribution in [2.45, 2.75) is 0 Å². The highest BCUT2D eigenvalue weighted by Crippen LogP contribution is 2.23. The molecule has 0 atom stereocenters. The molecule has 0 saturated carbocycles. The van der Waals surface area contributed by atoms with Crippen LogP contribution in [0.4, 0.5) is 5.69 Å². The molecule has 2 rings (SSSR count). The van der Waals surface area contributed by atoms with Gasteiger partial charge in [0.25, 0.3) is 0 Å². The number of rotatable bonds is 1. The second kappa shape index (κ2) is 3.61. The van der Waals surface area contributed by atoms with Crippen molar-refractivity contribution in [3.8, 4) is 0 Å². The highest BCUT2D eigenvalue weighted by atomic mass is 79.9. The van der Waals surface area contributed by atoms with Gasteiger partial charge in [0.1, 0.15) is 11.6 Å². The normalized spacial score (nSPS) is 19.5. The molecule has 6 heteroatoms. The molecule has 0 unspecified atom stereocenters. The lowest BCUT2D eigenvalue weighted by atomic mass is 10.3. The smallest absolute Gasteiger partial charge is 0.243 e. The second-order valence-corrected chi connectivity index (χ2v) is 6.27. The van der Waals surface area contributed by atoms with E-state index >= 15 is 0 Å². The monoisotopic (exact) mass is 289 g/mol. The molecule has 1 aliphatic rings. The molecule has 80 valence electrons. The van der Waals surface area contributed by atoms with Crippen LogP contribution in [0.25, 0.3) is 0 Å². The standard InChI is InChI=1S/C9H8BrNO3S/c10-7-2-1-3-8(4-7)11-6-15(13,14)5-9(11)12/h1-4H,5-6H2. The molecule has 0 N–H and O–H groups in total. The van der Waals surface area contributed by atoms with Crippen LogP contribution in [0.15, 0.2) is 28.7 Å². The first-order chi connectivity index (χ1) is 6.98. The van der Waals surface area contributed by atoms with Gasteiger partial charge < -0.3 is 0 Å². The van der Waals surface area contributed by atoms with E-state index in [1.54, 1.807) is 18.2 Å². The quantitative estimate of drug-likeness (QED) is 0.780. The first-order valence-electron chi connectivity index (χ1n) is 4.24. The van der Waals surface area contributed by atoms with Gasteiger partial charge >= 0.3 is 0 Å². The Bertz CT molecular complexity index is 512. The topological polar surface area (TPSA) is 54.5 Å². The van der Waals surface area contributed by atoms with Gasteiger partial charge in [0, 0.05) is 10.2 Å². The van der Waals surface area contributed by atoms with Crippen LogP contribution in [0.3, 0.4) is 0 Å². The third kappa shape index (κ3) is 2.21. The minimum atomic E-state index is -3.24. The number of amides is 1. The summed E-state index contributed by atoms with van der Waals surface area (Å²) in [6, 6.07) is 7.01. The molecule has 0 aromatic heterocycles. The van der Waals surface area contributed by atoms with Crippen LogP contribution in [0, 0.1) is 0 Å². The van der Waals surface area contributed by atoms with Crippen molar-refractivity contribution < 1.29 is 13.2 Å². The Morgan fingerprint density at radius 2 is 2.07 bits per heavy atom. The fourth-order valence-electron chi connectivity index (χ4n) is 1.44. The van der Waals surface area contributed by atoms with Gasteiger partial charge in [-0.2, -0.15) is 0 Å². The zero-order valence-corrected chi connectivity index (χ0v) is 10.1. The molecule has 0 radical (unpaired) electrons. The number of hydrogen-bond donors (Lipinski definition) is 0. The van der Waals surface area contributed by atoms with Crippen LogP contribution in [-0.4, -0.2) is 26.0 Å². The molecule has 1 amide bonds. The fourth-order valence-corrected chi connectivity index (χ4v) is 3.14. The Labute approximate surface area is 95.9 Å². The van der Waals surface area contributed by atoms with E-state index in [-0.39, 0.29) is 17.5 Å². The van der Waals surface area contributed by atoms with Crippen molar-refractivity contribution in [1.82, 2.24) is 0 Å². The average Bonchev–Trinajstić information content (AvgIpc) is 2.40. The molecule has 1 aromatic carbocycles. The van der Waals surface area contributed by atoms with E-state index in [2.05, 4.69) is 15.9 Å². The van der Waals surface area contributed by atoms with E-state index in [4.69, 9.17) is 0 Å². The molecule has 1 saturated heterocycles. The molecule has 4 nitrogen and oxygen atoms in total. The third-order valence-electron chi connectivity index (χ3n) is 2.09. The minimum Gasteiger partial charge on any atom is -0.297 e. The van der Waals surface area contributed by atoms with E-state index < -0.39 is 9.84 Å². The highest BCUT2D eigenvalue weighted by Gasteiger charge is 2.33. The van der Waals surface area contributed by atoms with Crippen molar-refractivity contribution in [3.63, 3.8) is 0 Å². The molecule has 1 heterocycles. The summed E-state index contributed by atoms with van der Waals surface area (Å²) in [5.74, 6) is -0.977. The lowest BCUT2D eigenvalue weighted by Crippen LogP contribution is -2.25. The molecule has 1 fully saturated rings. The molecule has 1 aliphatic heterocycles. The van der Waals surface area contributed by atoms with Gasteiger partial charge in [0.15, 0.2) is 9.84 Å². The van der Waals surface area contributed by atoms with Crippen LogP contribution in [-0.2, 0) is 14.6 Å². The lowest BCUT2D eigenvalue weighted by molar-refractivity contribution is -0.115. The zero-order valence-electron chi connectivity index (χ0n) is 7.68. The predicted molar refractivity (Wildman–Crippen MR) is 60.3 cm³/mol. The van der Waals surface area contributed by atoms with Gasteiger partial charge in [-0.1, -0.05) is 22.0 Å². The van der Waals surface area contributed by atoms with Gasteiger partial charge in [-0.25, -0.2) is 8.42 Å². The van der Waals surface area contributed by atoms with E-state index in [9.17, 15) is 13.2 Å². The van der Waals surface area contributed by atoms with Crippen LogP contribution in [0.5, 0.6) is 0 Å². The van der Waals surface area contributed by atoms with Gasteiger partial charge in [0.05, 0.1) is 0 Å². The summed E-state index contributed by atoms with van der Waals surface area (Å²) >= 11 is 3.27. The number of carbonyl (C=O) groups excluding carboxylic acids is 1. The van der Waals surface area contributed by atoms with Gasteiger partial charge in [0.2, 0.25) is 5.91 Å². The van der Waals surface area contributed by atoms with Crippen molar-refractivity contribution in [3.05, 3.63) is 28.7 Å². The number of nitrogens with zero attached hydrogens (tertiary/aromatic N) is 1. The largest absolute Gasteiger partial charge is 0.297 e. The first kappa shape index (κ1) is 10.6. The molecule has 0 aliphatic carbocycles. The van der Waals surface area contributed by atoms with E-state index in [1.807, 2.05) is 6.07 Å². The number of halogens is 1. The Balaban J connectivity index is 2.37. The Morgan fingerprint density at radius 1 is 1.33 bits per heavy atom. The lowest BCUT2D eigenvalue weighted by Gasteiger charge is -2.13. The number of hydrogen-bond acceptors (Lipinski definition) is 3. The molecular formula is C9H8BrNO3S. The Kier molecular flexibility index (Phi) is 2.56. The highest BCUT2D eigenvalue weighted by molar-refractivity contribution is 9.10. The summed E-state index contributed by atoms with van der Waals surface area (Å²) in [4.78, 5) is 12.7. The maximum atomic E-state index is 11.4. The summed E-state index contributed by atoms with van der Waals surface area (Å²) in [5, 5.41) is 0. The maximum Gasteiger partial charge on any atom is 0.243 e. The molecular weight excluding hydrogens is 282 g/mol. The average molecular weight is 290 g/mol. The Hall–Kier alpha value is -0.880. The third-order valence-corrected chi connectivity index (χ3v) is 3.92. The number of benzene rings is 1. The van der Waals surface area contributed by atoms with Crippen LogP contribution in [0.1, 0.15) is 0 Å². The van der Waals surface area contributed by atoms with Gasteiger partial charge in [-0.3, -0.25) is 9.69 Å². The summed E-state index contributed by atoms with van der Waals surface area (Å²) in [6.45, 7) is 0. The maximum absolute atomic E-state index is 11.4. The second-order valence-electron chi connectivity index (χ2n) is 3.32. The fraction of sp³-hybridized carbons (Fsp3) is 0.222. The molecule has 0 bridgehead atoms. The zero-order chi connectivity index (χ0) is 11.1. The SMILES string of the molecule is O=C1CS(=O)(=O)CN1c1cccc(Br)c1. The number of carbonyl (C=O) groups is 1. The van der Waals surface area contributed by atoms with Crippen LogP contribution in [0.2, 0.25) is 0 Å². The number of sulfone groups is 1. The van der Waals surface area contributed by atoms with Crippen molar-refractivity contribution in [2.24, 2.45) is 0 Å². The Morgan fingerprint density at radius 3 is 2.60 bits per heavy atom. The van der Waals surface area contributed by atoms with Gasteiger partial charge in [-0.15, -0.1) is 0 Å².